The third kappa shape index (κ3) is 3.03. The van der Waals surface area contributed by atoms with E-state index >= 15 is 0 Å². The van der Waals surface area contributed by atoms with E-state index in [9.17, 15) is 4.79 Å². The maximum absolute atomic E-state index is 13.2. The number of anilines is 2. The average molecular weight is 404 g/mol. The van der Waals surface area contributed by atoms with Crippen LogP contribution in [0, 0.1) is 0 Å². The lowest BCUT2D eigenvalue weighted by atomic mass is 10.0. The van der Waals surface area contributed by atoms with Gasteiger partial charge >= 0.3 is 0 Å². The second-order valence-electron chi connectivity index (χ2n) is 5.92. The number of para-hydroxylation sites is 1. The van der Waals surface area contributed by atoms with E-state index in [0.29, 0.717) is 20.6 Å². The van der Waals surface area contributed by atoms with Gasteiger partial charge in [-0.25, -0.2) is 0 Å². The zero-order chi connectivity index (χ0) is 18.3. The SMILES string of the molecule is O=C1c2ccccc2N[C@@H](c2ccc(Cl)c(Cl)c2)N1c1ccc(Cl)cc1. The second kappa shape index (κ2) is 6.84. The van der Waals surface area contributed by atoms with Gasteiger partial charge in [-0.2, -0.15) is 0 Å². The smallest absolute Gasteiger partial charge is 0.262 e. The van der Waals surface area contributed by atoms with Crippen molar-refractivity contribution in [1.82, 2.24) is 0 Å². The number of nitrogens with one attached hydrogen (secondary N) is 1. The summed E-state index contributed by atoms with van der Waals surface area (Å²) in [5, 5.41) is 4.94. The molecule has 1 aliphatic heterocycles. The zero-order valence-electron chi connectivity index (χ0n) is 13.4. The van der Waals surface area contributed by atoms with Gasteiger partial charge in [0.1, 0.15) is 6.17 Å². The molecule has 0 saturated carbocycles. The molecule has 3 aromatic rings. The first-order valence-electron chi connectivity index (χ1n) is 7.94. The topological polar surface area (TPSA) is 32.3 Å². The number of carbonyl (C=O) groups is 1. The largest absolute Gasteiger partial charge is 0.360 e. The first-order valence-corrected chi connectivity index (χ1v) is 9.07. The van der Waals surface area contributed by atoms with Gasteiger partial charge in [-0.3, -0.25) is 9.69 Å². The van der Waals surface area contributed by atoms with Crippen LogP contribution in [0.3, 0.4) is 0 Å². The number of rotatable bonds is 2. The van der Waals surface area contributed by atoms with Crippen LogP contribution in [-0.4, -0.2) is 5.91 Å². The Labute approximate surface area is 166 Å². The first-order chi connectivity index (χ1) is 12.5. The van der Waals surface area contributed by atoms with E-state index < -0.39 is 6.17 Å². The maximum Gasteiger partial charge on any atom is 0.262 e. The summed E-state index contributed by atoms with van der Waals surface area (Å²) in [5.74, 6) is -0.0993. The van der Waals surface area contributed by atoms with Gasteiger partial charge in [-0.1, -0.05) is 53.0 Å². The fourth-order valence-electron chi connectivity index (χ4n) is 3.04. The van der Waals surface area contributed by atoms with Crippen LogP contribution in [0.5, 0.6) is 0 Å². The van der Waals surface area contributed by atoms with Gasteiger partial charge in [-0.05, 0) is 54.1 Å². The molecule has 1 N–H and O–H groups in total. The van der Waals surface area contributed by atoms with Crippen LogP contribution in [0.2, 0.25) is 15.1 Å². The molecule has 1 heterocycles. The molecular formula is C20H13Cl3N2O. The van der Waals surface area contributed by atoms with Gasteiger partial charge in [0.2, 0.25) is 0 Å². The van der Waals surface area contributed by atoms with Crippen molar-refractivity contribution in [3.8, 4) is 0 Å². The van der Waals surface area contributed by atoms with Gasteiger partial charge in [0.15, 0.2) is 0 Å². The van der Waals surface area contributed by atoms with Crippen LogP contribution >= 0.6 is 34.8 Å². The molecule has 0 fully saturated rings. The molecule has 4 rings (SSSR count). The van der Waals surface area contributed by atoms with Crippen molar-refractivity contribution in [1.29, 1.82) is 0 Å². The first kappa shape index (κ1) is 17.2. The van der Waals surface area contributed by atoms with E-state index in [1.807, 2.05) is 36.4 Å². The van der Waals surface area contributed by atoms with E-state index in [0.717, 1.165) is 16.9 Å². The summed E-state index contributed by atoms with van der Waals surface area (Å²) in [4.78, 5) is 14.9. The van der Waals surface area contributed by atoms with E-state index in [4.69, 9.17) is 34.8 Å². The molecule has 26 heavy (non-hydrogen) atoms. The molecular weight excluding hydrogens is 391 g/mol. The molecule has 0 saturated heterocycles. The molecule has 0 bridgehead atoms. The highest BCUT2D eigenvalue weighted by Crippen LogP contribution is 2.38. The summed E-state index contributed by atoms with van der Waals surface area (Å²) >= 11 is 18.3. The predicted molar refractivity (Wildman–Crippen MR) is 108 cm³/mol. The highest BCUT2D eigenvalue weighted by atomic mass is 35.5. The number of benzene rings is 3. The Balaban J connectivity index is 1.86. The highest BCUT2D eigenvalue weighted by molar-refractivity contribution is 6.42. The van der Waals surface area contributed by atoms with Gasteiger partial charge in [0.25, 0.3) is 5.91 Å². The molecule has 0 aliphatic carbocycles. The standard InChI is InChI=1S/C20H13Cl3N2O/c21-13-6-8-14(9-7-13)25-19(12-5-10-16(22)17(23)11-12)24-18-4-2-1-3-15(18)20(25)26/h1-11,19,24H/t19-/m1/s1. The number of halogens is 3. The number of fused-ring (bicyclic) bond motifs is 1. The molecule has 6 heteroatoms. The molecule has 1 atom stereocenters. The molecule has 0 spiro atoms. The highest BCUT2D eigenvalue weighted by Gasteiger charge is 2.34. The molecule has 130 valence electrons. The van der Waals surface area contributed by atoms with E-state index in [1.165, 1.54) is 0 Å². The summed E-state index contributed by atoms with van der Waals surface area (Å²) in [5.41, 5.74) is 2.95. The summed E-state index contributed by atoms with van der Waals surface area (Å²) in [6.07, 6.45) is -0.423. The van der Waals surface area contributed by atoms with Crippen molar-refractivity contribution in [2.45, 2.75) is 6.17 Å². The van der Waals surface area contributed by atoms with Crippen molar-refractivity contribution in [3.05, 3.63) is 92.9 Å². The number of nitrogens with zero attached hydrogens (tertiary/aromatic N) is 1. The Morgan fingerprint density at radius 1 is 0.846 bits per heavy atom. The quantitative estimate of drug-likeness (QED) is 0.535. The van der Waals surface area contributed by atoms with Crippen LogP contribution in [0.4, 0.5) is 11.4 Å². The fourth-order valence-corrected chi connectivity index (χ4v) is 3.47. The summed E-state index contributed by atoms with van der Waals surface area (Å²) in [6.45, 7) is 0. The van der Waals surface area contributed by atoms with E-state index in [1.54, 1.807) is 35.2 Å². The van der Waals surface area contributed by atoms with Crippen molar-refractivity contribution >= 4 is 52.1 Å². The van der Waals surface area contributed by atoms with Crippen LogP contribution in [-0.2, 0) is 0 Å². The molecule has 3 aromatic carbocycles. The molecule has 0 aromatic heterocycles. The third-order valence-corrected chi connectivity index (χ3v) is 5.28. The summed E-state index contributed by atoms with van der Waals surface area (Å²) < 4.78 is 0. The Morgan fingerprint density at radius 3 is 2.31 bits per heavy atom. The Bertz CT molecular complexity index is 989. The van der Waals surface area contributed by atoms with Crippen molar-refractivity contribution in [2.24, 2.45) is 0 Å². The Kier molecular flexibility index (Phi) is 4.53. The predicted octanol–water partition coefficient (Wildman–Crippen LogP) is 6.42. The molecule has 1 amide bonds. The fraction of sp³-hybridized carbons (Fsp3) is 0.0500. The average Bonchev–Trinajstić information content (AvgIpc) is 2.65. The second-order valence-corrected chi connectivity index (χ2v) is 7.17. The summed E-state index contributed by atoms with van der Waals surface area (Å²) in [6, 6.07) is 19.9. The normalized spacial score (nSPS) is 16.2. The van der Waals surface area contributed by atoms with Gasteiger partial charge in [0.05, 0.1) is 15.6 Å². The monoisotopic (exact) mass is 402 g/mol. The zero-order valence-corrected chi connectivity index (χ0v) is 15.7. The van der Waals surface area contributed by atoms with Crippen LogP contribution in [0.15, 0.2) is 66.7 Å². The Morgan fingerprint density at radius 2 is 1.58 bits per heavy atom. The van der Waals surface area contributed by atoms with Gasteiger partial charge in [-0.15, -0.1) is 0 Å². The van der Waals surface area contributed by atoms with Crippen molar-refractivity contribution in [2.75, 3.05) is 10.2 Å². The number of hydrogen-bond donors (Lipinski definition) is 1. The molecule has 0 radical (unpaired) electrons. The van der Waals surface area contributed by atoms with Crippen LogP contribution in [0.25, 0.3) is 0 Å². The number of carbonyl (C=O) groups excluding carboxylic acids is 1. The van der Waals surface area contributed by atoms with E-state index in [-0.39, 0.29) is 5.91 Å². The lowest BCUT2D eigenvalue weighted by Crippen LogP contribution is -2.43. The molecule has 1 aliphatic rings. The number of amides is 1. The Hall–Kier alpha value is -2.20. The van der Waals surface area contributed by atoms with Crippen molar-refractivity contribution in [3.63, 3.8) is 0 Å². The van der Waals surface area contributed by atoms with Gasteiger partial charge < -0.3 is 5.32 Å². The van der Waals surface area contributed by atoms with Crippen LogP contribution < -0.4 is 10.2 Å². The number of hydrogen-bond acceptors (Lipinski definition) is 2. The minimum atomic E-state index is -0.423. The third-order valence-electron chi connectivity index (χ3n) is 4.29. The lowest BCUT2D eigenvalue weighted by molar-refractivity contribution is 0.0975. The minimum Gasteiger partial charge on any atom is -0.360 e. The lowest BCUT2D eigenvalue weighted by Gasteiger charge is -2.38. The maximum atomic E-state index is 13.2. The van der Waals surface area contributed by atoms with Gasteiger partial charge in [0, 0.05) is 16.4 Å². The van der Waals surface area contributed by atoms with E-state index in [2.05, 4.69) is 5.32 Å². The minimum absolute atomic E-state index is 0.0993. The van der Waals surface area contributed by atoms with Crippen molar-refractivity contribution < 1.29 is 4.79 Å². The summed E-state index contributed by atoms with van der Waals surface area (Å²) in [7, 11) is 0. The molecule has 0 unspecified atom stereocenters. The molecule has 3 nitrogen and oxygen atoms in total. The van der Waals surface area contributed by atoms with Crippen LogP contribution in [0.1, 0.15) is 22.1 Å².